The van der Waals surface area contributed by atoms with Crippen molar-refractivity contribution in [3.8, 4) is 0 Å². The summed E-state index contributed by atoms with van der Waals surface area (Å²) in [5.74, 6) is 0. The van der Waals surface area contributed by atoms with E-state index < -0.39 is 0 Å². The summed E-state index contributed by atoms with van der Waals surface area (Å²) in [5.41, 5.74) is 2.19. The van der Waals surface area contributed by atoms with Gasteiger partial charge in [-0.25, -0.2) is 8.97 Å². The third kappa shape index (κ3) is 2.09. The molecule has 90 valence electrons. The topological polar surface area (TPSA) is 8.29 Å². The van der Waals surface area contributed by atoms with Crippen LogP contribution in [0.2, 0.25) is 10.0 Å². The summed E-state index contributed by atoms with van der Waals surface area (Å²) < 4.78 is 4.14. The number of benzene rings is 1. The van der Waals surface area contributed by atoms with Crippen molar-refractivity contribution >= 4 is 28.8 Å². The molecule has 0 fully saturated rings. The zero-order valence-corrected chi connectivity index (χ0v) is 11.1. The Morgan fingerprint density at radius 3 is 2.72 bits per heavy atom. The highest BCUT2D eigenvalue weighted by atomic mass is 35.5. The molecule has 0 N–H and O–H groups in total. The summed E-state index contributed by atoms with van der Waals surface area (Å²) in [6.45, 7) is 0.748. The van der Waals surface area contributed by atoms with Gasteiger partial charge in [0.05, 0.1) is 5.02 Å². The second kappa shape index (κ2) is 4.63. The molecule has 0 unspecified atom stereocenters. The Hall–Kier alpha value is -1.51. The lowest BCUT2D eigenvalue weighted by molar-refractivity contribution is -0.661. The average molecular weight is 278 g/mol. The van der Waals surface area contributed by atoms with Crippen LogP contribution >= 0.6 is 23.2 Å². The second-order valence-electron chi connectivity index (χ2n) is 4.13. The first kappa shape index (κ1) is 11.6. The molecule has 4 heteroatoms. The van der Waals surface area contributed by atoms with Gasteiger partial charge in [-0.3, -0.25) is 0 Å². The SMILES string of the molecule is Clc1ccc2n(cc[n+]2Cc2ccccc2Cl)c1. The first-order valence-corrected chi connectivity index (χ1v) is 6.39. The lowest BCUT2D eigenvalue weighted by Crippen LogP contribution is -2.32. The molecule has 0 saturated carbocycles. The molecule has 0 aliphatic rings. The molecule has 3 aromatic rings. The molecule has 2 aromatic heterocycles. The summed E-state index contributed by atoms with van der Waals surface area (Å²) in [6.07, 6.45) is 5.90. The van der Waals surface area contributed by atoms with E-state index in [2.05, 4.69) is 4.57 Å². The summed E-state index contributed by atoms with van der Waals surface area (Å²) >= 11 is 12.1. The highest BCUT2D eigenvalue weighted by molar-refractivity contribution is 6.31. The second-order valence-corrected chi connectivity index (χ2v) is 4.97. The molecule has 2 heterocycles. The number of pyridine rings is 1. The van der Waals surface area contributed by atoms with E-state index in [9.17, 15) is 0 Å². The standard InChI is InChI=1S/C14H11Cl2N2/c15-12-5-6-14-17(7-8-18(14)10-12)9-11-3-1-2-4-13(11)16/h1-8,10H,9H2/q+1. The van der Waals surface area contributed by atoms with Gasteiger partial charge in [-0.15, -0.1) is 0 Å². The van der Waals surface area contributed by atoms with Crippen molar-refractivity contribution in [2.45, 2.75) is 6.54 Å². The molecule has 0 spiro atoms. The van der Waals surface area contributed by atoms with E-state index in [1.165, 1.54) is 0 Å². The fourth-order valence-corrected chi connectivity index (χ4v) is 2.38. The average Bonchev–Trinajstić information content (AvgIpc) is 2.74. The molecule has 2 nitrogen and oxygen atoms in total. The molecule has 18 heavy (non-hydrogen) atoms. The minimum atomic E-state index is 0.725. The Labute approximate surface area is 115 Å². The van der Waals surface area contributed by atoms with Crippen LogP contribution in [-0.4, -0.2) is 4.40 Å². The summed E-state index contributed by atoms with van der Waals surface area (Å²) in [6, 6.07) is 11.8. The summed E-state index contributed by atoms with van der Waals surface area (Å²) in [5, 5.41) is 1.52. The Balaban J connectivity index is 2.03. The smallest absolute Gasteiger partial charge is 0.226 e. The van der Waals surface area contributed by atoms with Gasteiger partial charge in [0.25, 0.3) is 5.65 Å². The van der Waals surface area contributed by atoms with Gasteiger partial charge in [0.1, 0.15) is 25.1 Å². The van der Waals surface area contributed by atoms with E-state index in [-0.39, 0.29) is 0 Å². The van der Waals surface area contributed by atoms with Gasteiger partial charge >= 0.3 is 0 Å². The maximum atomic E-state index is 6.18. The van der Waals surface area contributed by atoms with Gasteiger partial charge in [-0.05, 0) is 12.1 Å². The van der Waals surface area contributed by atoms with Crippen molar-refractivity contribution in [3.05, 3.63) is 70.6 Å². The zero-order chi connectivity index (χ0) is 12.5. The van der Waals surface area contributed by atoms with Gasteiger partial charge < -0.3 is 0 Å². The molecule has 0 saturated heterocycles. The van der Waals surface area contributed by atoms with Gasteiger partial charge in [0.15, 0.2) is 0 Å². The molecule has 3 rings (SSSR count). The molecule has 0 aliphatic carbocycles. The Morgan fingerprint density at radius 2 is 1.89 bits per heavy atom. The minimum absolute atomic E-state index is 0.725. The molecule has 0 radical (unpaired) electrons. The predicted octanol–water partition coefficient (Wildman–Crippen LogP) is 3.58. The number of fused-ring (bicyclic) bond motifs is 1. The molecule has 0 atom stereocenters. The van der Waals surface area contributed by atoms with Crippen LogP contribution in [0.25, 0.3) is 5.65 Å². The molecule has 0 bridgehead atoms. The van der Waals surface area contributed by atoms with Crippen molar-refractivity contribution in [2.24, 2.45) is 0 Å². The first-order valence-electron chi connectivity index (χ1n) is 5.63. The third-order valence-electron chi connectivity index (χ3n) is 2.92. The number of rotatable bonds is 2. The van der Waals surface area contributed by atoms with Crippen molar-refractivity contribution in [1.82, 2.24) is 4.40 Å². The van der Waals surface area contributed by atoms with Gasteiger partial charge in [-0.2, -0.15) is 0 Å². The lowest BCUT2D eigenvalue weighted by atomic mass is 10.2. The van der Waals surface area contributed by atoms with Crippen LogP contribution in [0.1, 0.15) is 5.56 Å². The van der Waals surface area contributed by atoms with Gasteiger partial charge in [0.2, 0.25) is 0 Å². The number of halogens is 2. The van der Waals surface area contributed by atoms with Crippen LogP contribution in [0, 0.1) is 0 Å². The molecule has 1 aromatic carbocycles. The molecular formula is C14H11Cl2N2+. The summed E-state index contributed by atoms with van der Waals surface area (Å²) in [4.78, 5) is 0. The lowest BCUT2D eigenvalue weighted by Gasteiger charge is -2.01. The van der Waals surface area contributed by atoms with Crippen molar-refractivity contribution in [3.63, 3.8) is 0 Å². The fraction of sp³-hybridized carbons (Fsp3) is 0.0714. The molecule has 0 aliphatic heterocycles. The third-order valence-corrected chi connectivity index (χ3v) is 3.51. The number of hydrogen-bond donors (Lipinski definition) is 0. The normalized spacial score (nSPS) is 11.0. The number of nitrogens with zero attached hydrogens (tertiary/aromatic N) is 2. The van der Waals surface area contributed by atoms with Crippen LogP contribution in [0.3, 0.4) is 0 Å². The van der Waals surface area contributed by atoms with Crippen LogP contribution in [0.4, 0.5) is 0 Å². The van der Waals surface area contributed by atoms with E-state index in [4.69, 9.17) is 23.2 Å². The quantitative estimate of drug-likeness (QED) is 0.633. The fourth-order valence-electron chi connectivity index (χ4n) is 2.02. The van der Waals surface area contributed by atoms with Crippen LogP contribution < -0.4 is 4.57 Å². The van der Waals surface area contributed by atoms with Crippen molar-refractivity contribution < 1.29 is 4.57 Å². The zero-order valence-electron chi connectivity index (χ0n) is 9.55. The first-order chi connectivity index (χ1) is 8.74. The highest BCUT2D eigenvalue weighted by Gasteiger charge is 2.11. The van der Waals surface area contributed by atoms with E-state index in [0.717, 1.165) is 27.8 Å². The number of aromatic nitrogens is 2. The predicted molar refractivity (Wildman–Crippen MR) is 73.2 cm³/mol. The van der Waals surface area contributed by atoms with Gasteiger partial charge in [0, 0.05) is 16.7 Å². The van der Waals surface area contributed by atoms with Crippen LogP contribution in [0.15, 0.2) is 55.0 Å². The van der Waals surface area contributed by atoms with Crippen molar-refractivity contribution in [1.29, 1.82) is 0 Å². The Morgan fingerprint density at radius 1 is 1.06 bits per heavy atom. The Kier molecular flexibility index (Phi) is 2.98. The number of imidazole rings is 1. The monoisotopic (exact) mass is 277 g/mol. The summed E-state index contributed by atoms with van der Waals surface area (Å²) in [7, 11) is 0. The molecular weight excluding hydrogens is 267 g/mol. The maximum Gasteiger partial charge on any atom is 0.286 e. The number of hydrogen-bond acceptors (Lipinski definition) is 0. The van der Waals surface area contributed by atoms with Crippen molar-refractivity contribution in [2.75, 3.05) is 0 Å². The van der Waals surface area contributed by atoms with E-state index in [0.29, 0.717) is 0 Å². The van der Waals surface area contributed by atoms with E-state index >= 15 is 0 Å². The van der Waals surface area contributed by atoms with Crippen LogP contribution in [-0.2, 0) is 6.54 Å². The highest BCUT2D eigenvalue weighted by Crippen LogP contribution is 2.15. The molecule has 0 amide bonds. The Bertz CT molecular complexity index is 704. The largest absolute Gasteiger partial charge is 0.286 e. The minimum Gasteiger partial charge on any atom is -0.226 e. The van der Waals surface area contributed by atoms with Crippen LogP contribution in [0.5, 0.6) is 0 Å². The maximum absolute atomic E-state index is 6.18. The van der Waals surface area contributed by atoms with E-state index in [1.807, 2.05) is 59.4 Å². The van der Waals surface area contributed by atoms with Gasteiger partial charge in [-0.1, -0.05) is 41.4 Å². The van der Waals surface area contributed by atoms with E-state index in [1.54, 1.807) is 0 Å².